The molecule has 7 aromatic rings. The van der Waals surface area contributed by atoms with E-state index in [0.29, 0.717) is 94.1 Å². The van der Waals surface area contributed by atoms with Crippen LogP contribution in [-0.2, 0) is 48.6 Å². The number of fused-ring (bicyclic) bond motifs is 2. The van der Waals surface area contributed by atoms with Gasteiger partial charge in [-0.1, -0.05) is 23.4 Å². The SMILES string of the molecule is C=CCCn1cc(-c2cc(C3([S@](C)(=N)=O)CC3)nc(-c3ccnc4c3ccn4Cn3cc(CNc4cccc(C)c4C(=O)N(C=O)C4CCC(=O)NC4=O)nn3)n2)c2cc[nH]c2c1=O. The lowest BCUT2D eigenvalue weighted by Crippen LogP contribution is -2.54. The van der Waals surface area contributed by atoms with Crippen molar-refractivity contribution in [2.24, 2.45) is 0 Å². The lowest BCUT2D eigenvalue weighted by molar-refractivity contribution is -0.139. The molecule has 1 saturated carbocycles. The molecule has 2 atom stereocenters. The number of imide groups is 2. The first-order chi connectivity index (χ1) is 30.8. The molecular weight excluding hydrogens is 839 g/mol. The van der Waals surface area contributed by atoms with Gasteiger partial charge >= 0.3 is 0 Å². The van der Waals surface area contributed by atoms with E-state index in [4.69, 9.17) is 19.7 Å². The topological polar surface area (TPSA) is 249 Å². The van der Waals surface area contributed by atoms with Crippen molar-refractivity contribution >= 4 is 61.5 Å². The van der Waals surface area contributed by atoms with Gasteiger partial charge in [0.25, 0.3) is 11.5 Å². The van der Waals surface area contributed by atoms with Crippen LogP contribution in [0.25, 0.3) is 44.6 Å². The van der Waals surface area contributed by atoms with Gasteiger partial charge in [-0.3, -0.25) is 39.0 Å². The molecule has 0 spiro atoms. The minimum absolute atomic E-state index is 0.00873. The Morgan fingerprint density at radius 3 is 2.67 bits per heavy atom. The van der Waals surface area contributed by atoms with Crippen LogP contribution in [0, 0.1) is 11.7 Å². The van der Waals surface area contributed by atoms with Gasteiger partial charge in [0.05, 0.1) is 44.2 Å². The third-order valence-electron chi connectivity index (χ3n) is 11.9. The van der Waals surface area contributed by atoms with E-state index in [9.17, 15) is 28.2 Å². The number of piperidine rings is 1. The largest absolute Gasteiger partial charge is 0.379 e. The number of amides is 4. The Kier molecular flexibility index (Phi) is 10.6. The molecule has 64 heavy (non-hydrogen) atoms. The van der Waals surface area contributed by atoms with Crippen LogP contribution >= 0.6 is 0 Å². The summed E-state index contributed by atoms with van der Waals surface area (Å²) in [6.45, 7) is 6.35. The Morgan fingerprint density at radius 2 is 1.92 bits per heavy atom. The molecule has 0 radical (unpaired) electrons. The highest BCUT2D eigenvalue weighted by molar-refractivity contribution is 7.93. The van der Waals surface area contributed by atoms with E-state index < -0.39 is 38.2 Å². The number of pyridine rings is 2. The summed E-state index contributed by atoms with van der Waals surface area (Å²) in [5.41, 5.74) is 5.00. The molecule has 9 rings (SSSR count). The molecule has 1 aliphatic carbocycles. The highest BCUT2D eigenvalue weighted by atomic mass is 32.2. The molecule has 1 aliphatic heterocycles. The molecule has 1 unspecified atom stereocenters. The van der Waals surface area contributed by atoms with Crippen LogP contribution in [0.2, 0.25) is 0 Å². The molecule has 326 valence electrons. The standard InChI is InChI=1S/C44H43N13O6S/c1-4-5-18-54-23-31(28-11-16-46-38(28)43(54)62)33-20-35(44(14-15-44)64(3,45)63)50-39(49-33)29-12-17-47-40-30(29)13-19-55(40)24-56-22-27(52-53-56)21-48-32-8-6-7-26(2)37(32)42(61)57(25-58)34-9-10-36(59)51-41(34)60/h4,6-8,11-13,16-17,19-20,22-23,25,34,45-46,48H,1,5,9-10,14-15,18,21,24H2,2-3H3,(H,51,59,60)/t34?,64-/m1/s1. The molecule has 4 N–H and O–H groups in total. The summed E-state index contributed by atoms with van der Waals surface area (Å²) >= 11 is 0. The van der Waals surface area contributed by atoms with E-state index in [1.165, 1.54) is 6.26 Å². The predicted octanol–water partition coefficient (Wildman–Crippen LogP) is 4.47. The molecule has 20 heteroatoms. The first-order valence-electron chi connectivity index (χ1n) is 20.5. The number of H-pyrrole nitrogens is 1. The van der Waals surface area contributed by atoms with E-state index in [-0.39, 0.29) is 37.2 Å². The fourth-order valence-electron chi connectivity index (χ4n) is 8.37. The number of nitrogens with zero attached hydrogens (tertiary/aromatic N) is 9. The Hall–Kier alpha value is -7.61. The number of hydrogen-bond acceptors (Lipinski definition) is 13. The maximum absolute atomic E-state index is 13.7. The average Bonchev–Trinajstić information content (AvgIpc) is 3.53. The lowest BCUT2D eigenvalue weighted by Gasteiger charge is -2.29. The molecule has 19 nitrogen and oxygen atoms in total. The number of carbonyl (C=O) groups is 4. The second-order valence-corrected chi connectivity index (χ2v) is 18.6. The highest BCUT2D eigenvalue weighted by Crippen LogP contribution is 2.53. The fraction of sp³-hybridized carbons (Fsp3) is 0.273. The number of anilines is 1. The highest BCUT2D eigenvalue weighted by Gasteiger charge is 2.53. The Labute approximate surface area is 365 Å². The van der Waals surface area contributed by atoms with Crippen molar-refractivity contribution in [2.45, 2.75) is 69.6 Å². The molecule has 4 amide bonds. The van der Waals surface area contributed by atoms with Crippen LogP contribution in [0.4, 0.5) is 5.69 Å². The van der Waals surface area contributed by atoms with E-state index in [1.807, 2.05) is 29.0 Å². The fourth-order valence-corrected chi connectivity index (χ4v) is 9.75. The summed E-state index contributed by atoms with van der Waals surface area (Å²) in [5, 5.41) is 15.5. The zero-order valence-electron chi connectivity index (χ0n) is 34.9. The Balaban J connectivity index is 1.00. The molecule has 2 aliphatic rings. The van der Waals surface area contributed by atoms with Gasteiger partial charge in [0, 0.05) is 71.6 Å². The van der Waals surface area contributed by atoms with Gasteiger partial charge in [-0.05, 0) is 68.5 Å². The minimum atomic E-state index is -3.06. The van der Waals surface area contributed by atoms with Gasteiger partial charge in [-0.15, -0.1) is 11.7 Å². The third kappa shape index (κ3) is 7.44. The minimum Gasteiger partial charge on any atom is -0.379 e. The quantitative estimate of drug-likeness (QED) is 0.0633. The number of aromatic nitrogens is 9. The van der Waals surface area contributed by atoms with Gasteiger partial charge < -0.3 is 19.4 Å². The molecule has 1 aromatic carbocycles. The number of nitrogens with one attached hydrogen (secondary N) is 4. The monoisotopic (exact) mass is 881 g/mol. The van der Waals surface area contributed by atoms with Crippen LogP contribution in [0.5, 0.6) is 0 Å². The Bertz CT molecular complexity index is 3230. The molecule has 7 heterocycles. The van der Waals surface area contributed by atoms with Crippen molar-refractivity contribution in [3.05, 3.63) is 119 Å². The van der Waals surface area contributed by atoms with E-state index >= 15 is 0 Å². The van der Waals surface area contributed by atoms with Gasteiger partial charge in [0.2, 0.25) is 18.2 Å². The Morgan fingerprint density at radius 1 is 1.09 bits per heavy atom. The van der Waals surface area contributed by atoms with Crippen molar-refractivity contribution in [2.75, 3.05) is 11.6 Å². The maximum Gasteiger partial charge on any atom is 0.274 e. The van der Waals surface area contributed by atoms with Crippen molar-refractivity contribution in [1.82, 2.24) is 54.3 Å². The lowest BCUT2D eigenvalue weighted by atomic mass is 10.0. The molecule has 0 bridgehead atoms. The van der Waals surface area contributed by atoms with Crippen LogP contribution in [0.3, 0.4) is 0 Å². The molecule has 6 aromatic heterocycles. The first-order valence-corrected chi connectivity index (χ1v) is 22.5. The zero-order chi connectivity index (χ0) is 44.9. The van der Waals surface area contributed by atoms with Gasteiger partial charge in [0.1, 0.15) is 29.6 Å². The van der Waals surface area contributed by atoms with Crippen molar-refractivity contribution in [3.8, 4) is 22.6 Å². The van der Waals surface area contributed by atoms with Crippen LogP contribution in [0.15, 0.2) is 90.9 Å². The summed E-state index contributed by atoms with van der Waals surface area (Å²) in [6, 6.07) is 11.4. The smallest absolute Gasteiger partial charge is 0.274 e. The summed E-state index contributed by atoms with van der Waals surface area (Å²) in [6.07, 6.45) is 14.0. The number of aromatic amines is 1. The summed E-state index contributed by atoms with van der Waals surface area (Å²) in [4.78, 5) is 82.2. The van der Waals surface area contributed by atoms with Crippen LogP contribution in [-0.4, -0.2) is 89.6 Å². The van der Waals surface area contributed by atoms with Crippen LogP contribution < -0.4 is 16.2 Å². The second kappa shape index (κ2) is 16.3. The number of carbonyl (C=O) groups excluding carboxylic acids is 4. The summed E-state index contributed by atoms with van der Waals surface area (Å²) in [7, 11) is -3.06. The second-order valence-electron chi connectivity index (χ2n) is 16.1. The number of rotatable bonds is 15. The molecule has 2 fully saturated rings. The zero-order valence-corrected chi connectivity index (χ0v) is 35.7. The van der Waals surface area contributed by atoms with Crippen molar-refractivity contribution in [3.63, 3.8) is 0 Å². The van der Waals surface area contributed by atoms with Crippen molar-refractivity contribution in [1.29, 1.82) is 4.78 Å². The third-order valence-corrected chi connectivity index (χ3v) is 14.0. The number of aryl methyl sites for hydroxylation is 2. The number of allylic oxidation sites excluding steroid dienone is 1. The van der Waals surface area contributed by atoms with Crippen molar-refractivity contribution < 1.29 is 23.4 Å². The number of hydrogen-bond donors (Lipinski definition) is 4. The molecular formula is C44H43N13O6S. The van der Waals surface area contributed by atoms with E-state index in [1.54, 1.807) is 71.3 Å². The van der Waals surface area contributed by atoms with Gasteiger partial charge in [-0.25, -0.2) is 23.8 Å². The maximum atomic E-state index is 13.7. The van der Waals surface area contributed by atoms with E-state index in [0.717, 1.165) is 10.3 Å². The number of benzene rings is 1. The average molecular weight is 882 g/mol. The summed E-state index contributed by atoms with van der Waals surface area (Å²) < 4.78 is 26.4. The summed E-state index contributed by atoms with van der Waals surface area (Å²) in [5.74, 6) is -1.48. The van der Waals surface area contributed by atoms with Gasteiger partial charge in [0.15, 0.2) is 5.82 Å². The first kappa shape index (κ1) is 41.7. The van der Waals surface area contributed by atoms with Crippen LogP contribution in [0.1, 0.15) is 59.4 Å². The van der Waals surface area contributed by atoms with Gasteiger partial charge in [-0.2, -0.15) is 0 Å². The predicted molar refractivity (Wildman–Crippen MR) is 237 cm³/mol. The van der Waals surface area contributed by atoms with E-state index in [2.05, 4.69) is 32.5 Å². The molecule has 1 saturated heterocycles. The normalized spacial score (nSPS) is 16.6.